The molecule has 156 valence electrons. The summed E-state index contributed by atoms with van der Waals surface area (Å²) in [6, 6.07) is 14.9. The first-order valence-corrected chi connectivity index (χ1v) is 11.2. The van der Waals surface area contributed by atoms with Gasteiger partial charge in [-0.25, -0.2) is 0 Å². The van der Waals surface area contributed by atoms with E-state index < -0.39 is 6.04 Å². The quantitative estimate of drug-likeness (QED) is 0.562. The molecule has 6 heteroatoms. The van der Waals surface area contributed by atoms with Crippen molar-refractivity contribution in [3.8, 4) is 0 Å². The zero-order valence-electron chi connectivity index (χ0n) is 17.4. The highest BCUT2D eigenvalue weighted by Gasteiger charge is 2.26. The molecule has 0 heterocycles. The van der Waals surface area contributed by atoms with E-state index in [1.807, 2.05) is 57.2 Å². The largest absolute Gasteiger partial charge is 0.352 e. The Morgan fingerprint density at radius 3 is 2.45 bits per heavy atom. The number of rotatable bonds is 9. The third-order valence-electron chi connectivity index (χ3n) is 4.78. The first kappa shape index (κ1) is 23.3. The van der Waals surface area contributed by atoms with Crippen molar-refractivity contribution in [1.29, 1.82) is 0 Å². The van der Waals surface area contributed by atoms with Gasteiger partial charge in [-0.2, -0.15) is 0 Å². The fourth-order valence-corrected chi connectivity index (χ4v) is 3.72. The summed E-state index contributed by atoms with van der Waals surface area (Å²) in [5.74, 6) is 0.0594. The third-order valence-corrected chi connectivity index (χ3v) is 6.03. The number of halogens is 1. The molecule has 2 rings (SSSR count). The number of hydrogen-bond acceptors (Lipinski definition) is 3. The van der Waals surface area contributed by atoms with Gasteiger partial charge in [0.1, 0.15) is 6.04 Å². The van der Waals surface area contributed by atoms with E-state index in [1.54, 1.807) is 24.0 Å². The Morgan fingerprint density at radius 2 is 1.83 bits per heavy atom. The lowest BCUT2D eigenvalue weighted by Gasteiger charge is -2.29. The Hall–Kier alpha value is -1.98. The van der Waals surface area contributed by atoms with Crippen LogP contribution >= 0.6 is 23.4 Å². The summed E-state index contributed by atoms with van der Waals surface area (Å²) >= 11 is 7.37. The highest BCUT2D eigenvalue weighted by Crippen LogP contribution is 2.22. The predicted octanol–water partition coefficient (Wildman–Crippen LogP) is 5.07. The Kier molecular flexibility index (Phi) is 9.05. The van der Waals surface area contributed by atoms with E-state index in [9.17, 15) is 9.59 Å². The summed E-state index contributed by atoms with van der Waals surface area (Å²) in [5.41, 5.74) is 2.14. The standard InChI is InChI=1S/C23H29ClN2O2S/c1-5-17(3)25-23(28)18(4)26(14-19-8-6-7-16(2)13-19)22(27)15-29-21-11-9-20(24)10-12-21/h6-13,17-18H,5,14-15H2,1-4H3,(H,25,28)/t17-,18-/m1/s1. The lowest BCUT2D eigenvalue weighted by Crippen LogP contribution is -2.50. The van der Waals surface area contributed by atoms with Crippen molar-refractivity contribution >= 4 is 35.2 Å². The maximum absolute atomic E-state index is 13.1. The van der Waals surface area contributed by atoms with Crippen LogP contribution in [0.5, 0.6) is 0 Å². The second-order valence-electron chi connectivity index (χ2n) is 7.25. The minimum absolute atomic E-state index is 0.0711. The van der Waals surface area contributed by atoms with E-state index in [-0.39, 0.29) is 23.6 Å². The smallest absolute Gasteiger partial charge is 0.242 e. The number of hydrogen-bond donors (Lipinski definition) is 1. The second kappa shape index (κ2) is 11.3. The Bertz CT molecular complexity index is 826. The summed E-state index contributed by atoms with van der Waals surface area (Å²) in [6.07, 6.45) is 0.844. The SMILES string of the molecule is CC[C@@H](C)NC(=O)[C@@H](C)N(Cc1cccc(C)c1)C(=O)CSc1ccc(Cl)cc1. The number of carbonyl (C=O) groups is 2. The number of aryl methyl sites for hydroxylation is 1. The number of thioether (sulfide) groups is 1. The second-order valence-corrected chi connectivity index (χ2v) is 8.73. The molecule has 2 aromatic carbocycles. The van der Waals surface area contributed by atoms with Gasteiger partial charge < -0.3 is 10.2 Å². The van der Waals surface area contributed by atoms with E-state index in [0.717, 1.165) is 22.4 Å². The van der Waals surface area contributed by atoms with Crippen LogP contribution in [0.15, 0.2) is 53.4 Å². The zero-order chi connectivity index (χ0) is 21.4. The van der Waals surface area contributed by atoms with E-state index in [4.69, 9.17) is 11.6 Å². The zero-order valence-corrected chi connectivity index (χ0v) is 19.0. The van der Waals surface area contributed by atoms with Gasteiger partial charge in [-0.05, 0) is 57.0 Å². The highest BCUT2D eigenvalue weighted by molar-refractivity contribution is 8.00. The summed E-state index contributed by atoms with van der Waals surface area (Å²) in [7, 11) is 0. The molecule has 1 N–H and O–H groups in total. The van der Waals surface area contributed by atoms with Crippen LogP contribution in [0.25, 0.3) is 0 Å². The fraction of sp³-hybridized carbons (Fsp3) is 0.391. The van der Waals surface area contributed by atoms with Crippen molar-refractivity contribution in [1.82, 2.24) is 10.2 Å². The van der Waals surface area contributed by atoms with Gasteiger partial charge in [0, 0.05) is 22.5 Å². The molecule has 0 aliphatic rings. The highest BCUT2D eigenvalue weighted by atomic mass is 35.5. The summed E-state index contributed by atoms with van der Waals surface area (Å²) in [6.45, 7) is 8.20. The van der Waals surface area contributed by atoms with E-state index >= 15 is 0 Å². The molecule has 2 atom stereocenters. The summed E-state index contributed by atoms with van der Waals surface area (Å²) in [4.78, 5) is 28.4. The molecule has 29 heavy (non-hydrogen) atoms. The molecule has 0 bridgehead atoms. The molecule has 0 unspecified atom stereocenters. The van der Waals surface area contributed by atoms with E-state index in [1.165, 1.54) is 11.8 Å². The Morgan fingerprint density at radius 1 is 1.14 bits per heavy atom. The van der Waals surface area contributed by atoms with Crippen molar-refractivity contribution < 1.29 is 9.59 Å². The number of amides is 2. The van der Waals surface area contributed by atoms with Gasteiger partial charge in [-0.3, -0.25) is 9.59 Å². The summed E-state index contributed by atoms with van der Waals surface area (Å²) in [5, 5.41) is 3.65. The molecule has 0 aliphatic carbocycles. The molecule has 2 aromatic rings. The molecule has 0 saturated heterocycles. The van der Waals surface area contributed by atoms with Gasteiger partial charge in [-0.15, -0.1) is 11.8 Å². The fourth-order valence-electron chi connectivity index (χ4n) is 2.81. The van der Waals surface area contributed by atoms with Crippen molar-refractivity contribution in [2.45, 2.75) is 57.6 Å². The molecule has 0 aliphatic heterocycles. The molecular weight excluding hydrogens is 404 g/mol. The number of carbonyl (C=O) groups excluding carboxylic acids is 2. The van der Waals surface area contributed by atoms with Gasteiger partial charge in [0.05, 0.1) is 5.75 Å². The van der Waals surface area contributed by atoms with Crippen LogP contribution in [-0.2, 0) is 16.1 Å². The van der Waals surface area contributed by atoms with Gasteiger partial charge in [0.2, 0.25) is 11.8 Å². The molecule has 0 aromatic heterocycles. The summed E-state index contributed by atoms with van der Waals surface area (Å²) < 4.78 is 0. The lowest BCUT2D eigenvalue weighted by molar-refractivity contribution is -0.138. The minimum Gasteiger partial charge on any atom is -0.352 e. The van der Waals surface area contributed by atoms with Gasteiger partial charge in [0.15, 0.2) is 0 Å². The van der Waals surface area contributed by atoms with Crippen molar-refractivity contribution in [3.05, 3.63) is 64.7 Å². The molecule has 4 nitrogen and oxygen atoms in total. The van der Waals surface area contributed by atoms with Gasteiger partial charge >= 0.3 is 0 Å². The number of benzene rings is 2. The molecule has 0 fully saturated rings. The minimum atomic E-state index is -0.553. The molecule has 0 radical (unpaired) electrons. The van der Waals surface area contributed by atoms with Crippen LogP contribution < -0.4 is 5.32 Å². The van der Waals surface area contributed by atoms with Gasteiger partial charge in [-0.1, -0.05) is 48.4 Å². The van der Waals surface area contributed by atoms with Crippen LogP contribution in [0.1, 0.15) is 38.3 Å². The normalized spacial score (nSPS) is 12.9. The van der Waals surface area contributed by atoms with Crippen LogP contribution in [-0.4, -0.2) is 34.6 Å². The monoisotopic (exact) mass is 432 g/mol. The molecule has 2 amide bonds. The van der Waals surface area contributed by atoms with Gasteiger partial charge in [0.25, 0.3) is 0 Å². The number of nitrogens with one attached hydrogen (secondary N) is 1. The average molecular weight is 433 g/mol. The van der Waals surface area contributed by atoms with Crippen LogP contribution in [0.4, 0.5) is 0 Å². The van der Waals surface area contributed by atoms with Crippen molar-refractivity contribution in [3.63, 3.8) is 0 Å². The third kappa shape index (κ3) is 7.41. The van der Waals surface area contributed by atoms with Crippen molar-refractivity contribution in [2.24, 2.45) is 0 Å². The van der Waals surface area contributed by atoms with E-state index in [2.05, 4.69) is 5.32 Å². The molecular formula is C23H29ClN2O2S. The predicted molar refractivity (Wildman–Crippen MR) is 121 cm³/mol. The van der Waals surface area contributed by atoms with Crippen LogP contribution in [0, 0.1) is 6.92 Å². The molecule has 0 saturated carbocycles. The Labute approximate surface area is 183 Å². The van der Waals surface area contributed by atoms with E-state index in [0.29, 0.717) is 11.6 Å². The Balaban J connectivity index is 2.14. The topological polar surface area (TPSA) is 49.4 Å². The average Bonchev–Trinajstić information content (AvgIpc) is 2.70. The van der Waals surface area contributed by atoms with Crippen LogP contribution in [0.3, 0.4) is 0 Å². The maximum Gasteiger partial charge on any atom is 0.242 e. The number of nitrogens with zero attached hydrogens (tertiary/aromatic N) is 1. The van der Waals surface area contributed by atoms with Crippen LogP contribution in [0.2, 0.25) is 5.02 Å². The maximum atomic E-state index is 13.1. The first-order valence-electron chi connectivity index (χ1n) is 9.84. The lowest BCUT2D eigenvalue weighted by atomic mass is 10.1. The molecule has 0 spiro atoms. The van der Waals surface area contributed by atoms with Crippen molar-refractivity contribution in [2.75, 3.05) is 5.75 Å². The first-order chi connectivity index (χ1) is 13.8.